The topological polar surface area (TPSA) is 49.8 Å². The van der Waals surface area contributed by atoms with Crippen molar-refractivity contribution in [3.63, 3.8) is 0 Å². The summed E-state index contributed by atoms with van der Waals surface area (Å²) in [4.78, 5) is 15.3. The van der Waals surface area contributed by atoms with Crippen molar-refractivity contribution in [3.05, 3.63) is 108 Å². The number of rotatable bonds is 2. The molecule has 1 aliphatic heterocycles. The lowest BCUT2D eigenvalue weighted by Crippen LogP contribution is -2.51. The molecule has 0 radical (unpaired) electrons. The summed E-state index contributed by atoms with van der Waals surface area (Å²) in [5.41, 5.74) is 0.802. The zero-order valence-corrected chi connectivity index (χ0v) is 19.9. The fourth-order valence-electron chi connectivity index (χ4n) is 4.43. The largest absolute Gasteiger partial charge is 0.444 e. The Morgan fingerprint density at radius 1 is 0.853 bits per heavy atom. The second-order valence-electron chi connectivity index (χ2n) is 9.80. The van der Waals surface area contributed by atoms with Crippen LogP contribution < -0.4 is 0 Å². The van der Waals surface area contributed by atoms with Gasteiger partial charge in [0.15, 0.2) is 0 Å². The molecule has 1 saturated heterocycles. The summed E-state index contributed by atoms with van der Waals surface area (Å²) in [5, 5.41) is 11.8. The van der Waals surface area contributed by atoms with Gasteiger partial charge in [-0.3, -0.25) is 4.90 Å². The Bertz CT molecular complexity index is 1110. The first kappa shape index (κ1) is 23.6. The van der Waals surface area contributed by atoms with Crippen molar-refractivity contribution in [2.24, 2.45) is 0 Å². The first-order valence-corrected chi connectivity index (χ1v) is 11.7. The highest BCUT2D eigenvalue weighted by atomic mass is 16.6. The van der Waals surface area contributed by atoms with Crippen LogP contribution in [0.15, 0.2) is 91.0 Å². The number of carbonyl (C=O) groups is 1. The van der Waals surface area contributed by atoms with E-state index in [1.165, 1.54) is 0 Å². The summed E-state index contributed by atoms with van der Waals surface area (Å²) in [5.74, 6) is 6.29. The number of amides is 1. The van der Waals surface area contributed by atoms with E-state index in [1.807, 2.05) is 112 Å². The van der Waals surface area contributed by atoms with Crippen LogP contribution >= 0.6 is 0 Å². The van der Waals surface area contributed by atoms with Crippen LogP contribution in [0.2, 0.25) is 0 Å². The maximum absolute atomic E-state index is 13.6. The Morgan fingerprint density at radius 3 is 1.74 bits per heavy atom. The van der Waals surface area contributed by atoms with Gasteiger partial charge in [0, 0.05) is 18.4 Å². The molecule has 4 heteroatoms. The van der Waals surface area contributed by atoms with Crippen LogP contribution in [-0.2, 0) is 4.74 Å². The molecule has 0 saturated carbocycles. The molecule has 0 bridgehead atoms. The molecule has 174 valence electrons. The van der Waals surface area contributed by atoms with Gasteiger partial charge in [-0.2, -0.15) is 0 Å². The molecule has 1 fully saturated rings. The van der Waals surface area contributed by atoms with E-state index in [1.54, 1.807) is 4.90 Å². The minimum atomic E-state index is -1.28. The molecule has 0 aliphatic carbocycles. The van der Waals surface area contributed by atoms with Crippen molar-refractivity contribution in [1.82, 2.24) is 4.90 Å². The quantitative estimate of drug-likeness (QED) is 0.465. The molecular formula is C30H31NO3. The average molecular weight is 454 g/mol. The first-order chi connectivity index (χ1) is 16.2. The lowest BCUT2D eigenvalue weighted by molar-refractivity contribution is -0.0539. The van der Waals surface area contributed by atoms with E-state index in [0.717, 1.165) is 16.7 Å². The third-order valence-electron chi connectivity index (χ3n) is 5.92. The number of ether oxygens (including phenoxy) is 1. The van der Waals surface area contributed by atoms with Gasteiger partial charge in [-0.1, -0.05) is 90.7 Å². The summed E-state index contributed by atoms with van der Waals surface area (Å²) in [6.07, 6.45) is 0.187. The highest BCUT2D eigenvalue weighted by molar-refractivity contribution is 5.70. The van der Waals surface area contributed by atoms with Crippen molar-refractivity contribution in [2.75, 3.05) is 0 Å². The van der Waals surface area contributed by atoms with E-state index < -0.39 is 29.4 Å². The van der Waals surface area contributed by atoms with E-state index in [9.17, 15) is 9.90 Å². The molecule has 4 rings (SSSR count). The van der Waals surface area contributed by atoms with Crippen LogP contribution in [0, 0.1) is 11.8 Å². The number of benzene rings is 3. The zero-order valence-electron chi connectivity index (χ0n) is 19.9. The van der Waals surface area contributed by atoms with E-state index in [2.05, 4.69) is 11.8 Å². The molecule has 4 nitrogen and oxygen atoms in total. The fraction of sp³-hybridized carbons (Fsp3) is 0.300. The maximum atomic E-state index is 13.6. The van der Waals surface area contributed by atoms with Gasteiger partial charge < -0.3 is 9.84 Å². The van der Waals surface area contributed by atoms with E-state index in [4.69, 9.17) is 4.74 Å². The van der Waals surface area contributed by atoms with Gasteiger partial charge in [-0.25, -0.2) is 4.79 Å². The lowest BCUT2D eigenvalue weighted by atomic mass is 9.78. The summed E-state index contributed by atoms with van der Waals surface area (Å²) in [6.45, 7) is 5.60. The van der Waals surface area contributed by atoms with Crippen molar-refractivity contribution in [1.29, 1.82) is 0 Å². The number of aliphatic hydroxyl groups is 1. The second-order valence-corrected chi connectivity index (χ2v) is 9.80. The predicted octanol–water partition coefficient (Wildman–Crippen LogP) is 6.28. The van der Waals surface area contributed by atoms with Gasteiger partial charge >= 0.3 is 6.09 Å². The third-order valence-corrected chi connectivity index (χ3v) is 5.92. The highest BCUT2D eigenvalue weighted by Crippen LogP contribution is 2.46. The van der Waals surface area contributed by atoms with E-state index >= 15 is 0 Å². The molecule has 34 heavy (non-hydrogen) atoms. The van der Waals surface area contributed by atoms with Gasteiger partial charge in [0.2, 0.25) is 0 Å². The SMILES string of the molecule is CC(C)(C)OC(=O)N1[C@H](c2ccccc2)CC(O)(C#Cc2ccccc2)C[C@H]1c1ccccc1. The lowest BCUT2D eigenvalue weighted by Gasteiger charge is -2.47. The average Bonchev–Trinajstić information content (AvgIpc) is 2.83. The molecule has 0 aromatic heterocycles. The molecular weight excluding hydrogens is 422 g/mol. The molecule has 2 atom stereocenters. The van der Waals surface area contributed by atoms with Crippen LogP contribution in [0.5, 0.6) is 0 Å². The van der Waals surface area contributed by atoms with Crippen LogP contribution in [0.1, 0.15) is 62.4 Å². The summed E-state index contributed by atoms with van der Waals surface area (Å²) in [7, 11) is 0. The molecule has 1 heterocycles. The number of likely N-dealkylation sites (tertiary alicyclic amines) is 1. The van der Waals surface area contributed by atoms with Crippen molar-refractivity contribution in [3.8, 4) is 11.8 Å². The molecule has 3 aromatic carbocycles. The smallest absolute Gasteiger partial charge is 0.411 e. The van der Waals surface area contributed by atoms with Crippen LogP contribution in [0.25, 0.3) is 0 Å². The molecule has 1 amide bonds. The van der Waals surface area contributed by atoms with Crippen molar-refractivity contribution >= 4 is 6.09 Å². The van der Waals surface area contributed by atoms with Gasteiger partial charge in [0.05, 0.1) is 12.1 Å². The van der Waals surface area contributed by atoms with E-state index in [0.29, 0.717) is 12.8 Å². The minimum Gasteiger partial charge on any atom is -0.444 e. The highest BCUT2D eigenvalue weighted by Gasteiger charge is 2.47. The molecule has 1 N–H and O–H groups in total. The second kappa shape index (κ2) is 9.75. The Morgan fingerprint density at radius 2 is 1.29 bits per heavy atom. The molecule has 0 unspecified atom stereocenters. The van der Waals surface area contributed by atoms with E-state index in [-0.39, 0.29) is 0 Å². The van der Waals surface area contributed by atoms with Crippen molar-refractivity contribution in [2.45, 2.75) is 56.9 Å². The Labute approximate surface area is 202 Å². The fourth-order valence-corrected chi connectivity index (χ4v) is 4.43. The Hall–Kier alpha value is -3.55. The summed E-state index contributed by atoms with van der Waals surface area (Å²) in [6, 6.07) is 28.5. The number of carbonyl (C=O) groups excluding carboxylic acids is 1. The molecule has 0 spiro atoms. The third kappa shape index (κ3) is 5.68. The monoisotopic (exact) mass is 453 g/mol. The number of hydrogen-bond donors (Lipinski definition) is 1. The van der Waals surface area contributed by atoms with Gasteiger partial charge in [0.25, 0.3) is 0 Å². The normalized spacial score (nSPS) is 22.4. The Kier molecular flexibility index (Phi) is 6.77. The first-order valence-electron chi connectivity index (χ1n) is 11.7. The molecule has 1 aliphatic rings. The van der Waals surface area contributed by atoms with Crippen LogP contribution in [0.3, 0.4) is 0 Å². The van der Waals surface area contributed by atoms with Crippen LogP contribution in [-0.4, -0.2) is 27.3 Å². The van der Waals surface area contributed by atoms with Gasteiger partial charge in [0.1, 0.15) is 11.2 Å². The Balaban J connectivity index is 1.80. The van der Waals surface area contributed by atoms with Gasteiger partial charge in [-0.05, 0) is 44.0 Å². The number of hydrogen-bond acceptors (Lipinski definition) is 3. The maximum Gasteiger partial charge on any atom is 0.411 e. The standard InChI is InChI=1S/C30H31NO3/c1-29(2,3)34-28(32)31-26(24-15-9-5-10-16-24)21-30(33,20-19-23-13-7-4-8-14-23)22-27(31)25-17-11-6-12-18-25/h4-18,26-27,33H,21-22H2,1-3H3/t26-,27-/m0/s1. The summed E-state index contributed by atoms with van der Waals surface area (Å²) < 4.78 is 5.85. The predicted molar refractivity (Wildman–Crippen MR) is 134 cm³/mol. The zero-order chi connectivity index (χ0) is 24.2. The summed E-state index contributed by atoms with van der Waals surface area (Å²) >= 11 is 0. The van der Waals surface area contributed by atoms with Crippen molar-refractivity contribution < 1.29 is 14.6 Å². The van der Waals surface area contributed by atoms with Crippen LogP contribution in [0.4, 0.5) is 4.79 Å². The van der Waals surface area contributed by atoms with Gasteiger partial charge in [-0.15, -0.1) is 0 Å². The molecule has 3 aromatic rings. The number of nitrogens with zero attached hydrogens (tertiary/aromatic N) is 1. The number of piperidine rings is 1. The minimum absolute atomic E-state index is 0.291.